The summed E-state index contributed by atoms with van der Waals surface area (Å²) in [5, 5.41) is 9.95. The van der Waals surface area contributed by atoms with Crippen molar-refractivity contribution in [3.63, 3.8) is 0 Å². The van der Waals surface area contributed by atoms with E-state index >= 15 is 0 Å². The minimum atomic E-state index is -0.737. The van der Waals surface area contributed by atoms with E-state index in [0.29, 0.717) is 5.92 Å². The molecule has 16 heavy (non-hydrogen) atoms. The highest BCUT2D eigenvalue weighted by atomic mass is 32.1. The molecule has 1 saturated heterocycles. The summed E-state index contributed by atoms with van der Waals surface area (Å²) >= 11 is 1.61. The molecule has 0 bridgehead atoms. The van der Waals surface area contributed by atoms with Gasteiger partial charge in [-0.3, -0.25) is 0 Å². The molecule has 0 spiro atoms. The summed E-state index contributed by atoms with van der Waals surface area (Å²) < 4.78 is 0. The van der Waals surface area contributed by atoms with Gasteiger partial charge in [-0.25, -0.2) is 9.78 Å². The number of nitrogens with zero attached hydrogens (tertiary/aromatic N) is 2. The molecule has 2 heterocycles. The quantitative estimate of drug-likeness (QED) is 0.881. The third kappa shape index (κ3) is 2.04. The molecule has 0 amide bonds. The van der Waals surface area contributed by atoms with Crippen molar-refractivity contribution >= 4 is 22.4 Å². The van der Waals surface area contributed by atoms with Crippen LogP contribution >= 0.6 is 11.3 Å². The molecule has 0 aliphatic carbocycles. The van der Waals surface area contributed by atoms with Gasteiger partial charge in [-0.15, -0.1) is 11.3 Å². The van der Waals surface area contributed by atoms with Crippen LogP contribution in [0.2, 0.25) is 0 Å². The number of carbonyl (C=O) groups is 1. The maximum absolute atomic E-state index is 11.1. The van der Waals surface area contributed by atoms with Gasteiger partial charge in [-0.05, 0) is 18.8 Å². The van der Waals surface area contributed by atoms with Gasteiger partial charge in [0.15, 0.2) is 5.13 Å². The average Bonchev–Trinajstić information content (AvgIpc) is 2.86. The molecule has 0 radical (unpaired) electrons. The molecule has 0 aromatic carbocycles. The van der Waals surface area contributed by atoms with E-state index < -0.39 is 5.97 Å². The minimum absolute atomic E-state index is 0.383. The summed E-state index contributed by atoms with van der Waals surface area (Å²) in [4.78, 5) is 18.5. The van der Waals surface area contributed by atoms with Crippen LogP contribution < -0.4 is 4.90 Å². The highest BCUT2D eigenvalue weighted by molar-refractivity contribution is 7.15. The zero-order chi connectivity index (χ0) is 11.7. The molecular weight excluding hydrogens is 224 g/mol. The van der Waals surface area contributed by atoms with Crippen LogP contribution in [0.3, 0.4) is 0 Å². The second kappa shape index (κ2) is 4.41. The van der Waals surface area contributed by atoms with Crippen molar-refractivity contribution in [3.05, 3.63) is 11.1 Å². The van der Waals surface area contributed by atoms with Gasteiger partial charge >= 0.3 is 5.97 Å². The van der Waals surface area contributed by atoms with Gasteiger partial charge in [0.25, 0.3) is 0 Å². The van der Waals surface area contributed by atoms with Crippen LogP contribution in [0.4, 0.5) is 5.13 Å². The Morgan fingerprint density at radius 1 is 1.69 bits per heavy atom. The van der Waals surface area contributed by atoms with E-state index in [-0.39, 0.29) is 6.04 Å². The fourth-order valence-corrected chi connectivity index (χ4v) is 2.92. The van der Waals surface area contributed by atoms with Gasteiger partial charge in [-0.2, -0.15) is 0 Å². The third-order valence-corrected chi connectivity index (χ3v) is 4.20. The van der Waals surface area contributed by atoms with E-state index in [9.17, 15) is 4.79 Å². The Hall–Kier alpha value is -1.10. The third-order valence-electron chi connectivity index (χ3n) is 2.86. The predicted molar refractivity (Wildman–Crippen MR) is 64.2 cm³/mol. The Kier molecular flexibility index (Phi) is 3.14. The fourth-order valence-electron chi connectivity index (χ4n) is 1.93. The van der Waals surface area contributed by atoms with Gasteiger partial charge in [0.2, 0.25) is 0 Å². The summed E-state index contributed by atoms with van der Waals surface area (Å²) in [5.74, 6) is -0.282. The molecule has 0 saturated carbocycles. The monoisotopic (exact) mass is 240 g/mol. The highest BCUT2D eigenvalue weighted by Crippen LogP contribution is 2.32. The first kappa shape index (κ1) is 11.4. The van der Waals surface area contributed by atoms with Crippen molar-refractivity contribution in [3.8, 4) is 0 Å². The molecule has 1 atom stereocenters. The van der Waals surface area contributed by atoms with E-state index in [4.69, 9.17) is 5.11 Å². The number of rotatable bonds is 3. The first-order chi connectivity index (χ1) is 7.59. The van der Waals surface area contributed by atoms with Gasteiger partial charge in [-0.1, -0.05) is 13.8 Å². The first-order valence-electron chi connectivity index (χ1n) is 5.54. The SMILES string of the molecule is CC(C)c1cnc(N2CCC[C@H]2C(=O)O)s1. The van der Waals surface area contributed by atoms with Crippen LogP contribution in [-0.2, 0) is 4.79 Å². The largest absolute Gasteiger partial charge is 0.480 e. The number of thiazole rings is 1. The molecule has 1 aliphatic heterocycles. The van der Waals surface area contributed by atoms with Crippen LogP contribution in [0, 0.1) is 0 Å². The van der Waals surface area contributed by atoms with Gasteiger partial charge in [0.1, 0.15) is 6.04 Å². The molecule has 4 nitrogen and oxygen atoms in total. The number of aromatic nitrogens is 1. The predicted octanol–water partition coefficient (Wildman–Crippen LogP) is 2.32. The lowest BCUT2D eigenvalue weighted by molar-refractivity contribution is -0.138. The number of hydrogen-bond donors (Lipinski definition) is 1. The first-order valence-corrected chi connectivity index (χ1v) is 6.36. The molecule has 2 rings (SSSR count). The second-order valence-corrected chi connectivity index (χ2v) is 5.43. The number of anilines is 1. The Morgan fingerprint density at radius 3 is 3.00 bits per heavy atom. The van der Waals surface area contributed by atoms with Crippen molar-refractivity contribution in [2.75, 3.05) is 11.4 Å². The van der Waals surface area contributed by atoms with Crippen LogP contribution in [0.5, 0.6) is 0 Å². The summed E-state index contributed by atoms with van der Waals surface area (Å²) in [6.07, 6.45) is 3.53. The molecule has 5 heteroatoms. The number of aliphatic carboxylic acids is 1. The second-order valence-electron chi connectivity index (χ2n) is 4.39. The van der Waals surface area contributed by atoms with Crippen molar-refractivity contribution < 1.29 is 9.90 Å². The molecule has 1 aromatic heterocycles. The Morgan fingerprint density at radius 2 is 2.44 bits per heavy atom. The van der Waals surface area contributed by atoms with Gasteiger partial charge < -0.3 is 10.0 Å². The van der Waals surface area contributed by atoms with Crippen molar-refractivity contribution in [1.82, 2.24) is 4.98 Å². The topological polar surface area (TPSA) is 53.4 Å². The average molecular weight is 240 g/mol. The summed E-state index contributed by atoms with van der Waals surface area (Å²) in [6, 6.07) is -0.383. The fraction of sp³-hybridized carbons (Fsp3) is 0.636. The molecular formula is C11H16N2O2S. The number of hydrogen-bond acceptors (Lipinski definition) is 4. The van der Waals surface area contributed by atoms with E-state index in [1.54, 1.807) is 11.3 Å². The lowest BCUT2D eigenvalue weighted by atomic mass is 10.2. The summed E-state index contributed by atoms with van der Waals surface area (Å²) in [6.45, 7) is 5.05. The van der Waals surface area contributed by atoms with Gasteiger partial charge in [0.05, 0.1) is 0 Å². The van der Waals surface area contributed by atoms with Crippen molar-refractivity contribution in [2.24, 2.45) is 0 Å². The number of carboxylic acids is 1. The zero-order valence-corrected chi connectivity index (χ0v) is 10.3. The van der Waals surface area contributed by atoms with Crippen molar-refractivity contribution in [2.45, 2.75) is 38.6 Å². The molecule has 88 valence electrons. The molecule has 1 aliphatic rings. The van der Waals surface area contributed by atoms with Crippen LogP contribution in [0.25, 0.3) is 0 Å². The molecule has 1 fully saturated rings. The van der Waals surface area contributed by atoms with Crippen LogP contribution in [-0.4, -0.2) is 28.6 Å². The lowest BCUT2D eigenvalue weighted by Gasteiger charge is -2.19. The van der Waals surface area contributed by atoms with Crippen LogP contribution in [0.15, 0.2) is 6.20 Å². The van der Waals surface area contributed by atoms with E-state index in [1.165, 1.54) is 4.88 Å². The standard InChI is InChI=1S/C11H16N2O2S/c1-7(2)9-6-12-11(16-9)13-5-3-4-8(13)10(14)15/h6-8H,3-5H2,1-2H3,(H,14,15)/t8-/m0/s1. The Labute approximate surface area is 98.9 Å². The van der Waals surface area contributed by atoms with Gasteiger partial charge in [0, 0.05) is 17.6 Å². The molecule has 0 unspecified atom stereocenters. The normalized spacial score (nSPS) is 20.7. The molecule has 1 aromatic rings. The smallest absolute Gasteiger partial charge is 0.326 e. The van der Waals surface area contributed by atoms with E-state index in [0.717, 1.165) is 24.5 Å². The number of carboxylic acid groups (broad SMARTS) is 1. The summed E-state index contributed by atoms with van der Waals surface area (Å²) in [5.41, 5.74) is 0. The maximum atomic E-state index is 11.1. The lowest BCUT2D eigenvalue weighted by Crippen LogP contribution is -2.35. The molecule has 1 N–H and O–H groups in total. The Bertz CT molecular complexity index is 389. The van der Waals surface area contributed by atoms with E-state index in [2.05, 4.69) is 18.8 Å². The Balaban J connectivity index is 2.19. The summed E-state index contributed by atoms with van der Waals surface area (Å²) in [7, 11) is 0. The minimum Gasteiger partial charge on any atom is -0.480 e. The van der Waals surface area contributed by atoms with Crippen molar-refractivity contribution in [1.29, 1.82) is 0 Å². The van der Waals surface area contributed by atoms with E-state index in [1.807, 2.05) is 11.1 Å². The zero-order valence-electron chi connectivity index (χ0n) is 9.51. The maximum Gasteiger partial charge on any atom is 0.326 e. The van der Waals surface area contributed by atoms with Crippen LogP contribution in [0.1, 0.15) is 37.5 Å². The highest BCUT2D eigenvalue weighted by Gasteiger charge is 2.32.